The quantitative estimate of drug-likeness (QED) is 0.614. The molecule has 0 saturated heterocycles. The molecule has 0 heterocycles. The molecular formula is C13H22N4. The molecule has 0 fully saturated rings. The van der Waals surface area contributed by atoms with Crippen molar-refractivity contribution >= 4 is 11.6 Å². The molecule has 1 aromatic carbocycles. The highest BCUT2D eigenvalue weighted by Gasteiger charge is 1.97. The van der Waals surface area contributed by atoms with Gasteiger partial charge in [-0.25, -0.2) is 4.99 Å². The molecule has 0 spiro atoms. The van der Waals surface area contributed by atoms with Crippen LogP contribution in [0, 0.1) is 0 Å². The summed E-state index contributed by atoms with van der Waals surface area (Å²) < 4.78 is 0. The van der Waals surface area contributed by atoms with Gasteiger partial charge in [0.05, 0.1) is 6.54 Å². The SMILES string of the molecule is CC(C)NC(N)=NCc1ccc(N(C)C)cc1. The topological polar surface area (TPSA) is 53.6 Å². The fourth-order valence-corrected chi connectivity index (χ4v) is 1.42. The van der Waals surface area contributed by atoms with E-state index in [2.05, 4.69) is 39.5 Å². The highest BCUT2D eigenvalue weighted by atomic mass is 15.1. The van der Waals surface area contributed by atoms with Gasteiger partial charge in [0.1, 0.15) is 0 Å². The predicted molar refractivity (Wildman–Crippen MR) is 74.4 cm³/mol. The van der Waals surface area contributed by atoms with Crippen LogP contribution >= 0.6 is 0 Å². The van der Waals surface area contributed by atoms with E-state index in [-0.39, 0.29) is 0 Å². The van der Waals surface area contributed by atoms with Crippen LogP contribution in [-0.2, 0) is 6.54 Å². The zero-order chi connectivity index (χ0) is 12.8. The Balaban J connectivity index is 2.58. The summed E-state index contributed by atoms with van der Waals surface area (Å²) in [7, 11) is 4.05. The van der Waals surface area contributed by atoms with Crippen LogP contribution in [0.2, 0.25) is 0 Å². The Morgan fingerprint density at radius 3 is 2.35 bits per heavy atom. The number of benzene rings is 1. The van der Waals surface area contributed by atoms with Crippen molar-refractivity contribution in [1.82, 2.24) is 5.32 Å². The van der Waals surface area contributed by atoms with Crippen molar-refractivity contribution in [3.63, 3.8) is 0 Å². The summed E-state index contributed by atoms with van der Waals surface area (Å²) in [6.45, 7) is 4.68. The van der Waals surface area contributed by atoms with Gasteiger partial charge in [-0.2, -0.15) is 0 Å². The highest BCUT2D eigenvalue weighted by molar-refractivity contribution is 5.78. The summed E-state index contributed by atoms with van der Waals surface area (Å²) in [6.07, 6.45) is 0. The van der Waals surface area contributed by atoms with E-state index in [1.165, 1.54) is 5.69 Å². The predicted octanol–water partition coefficient (Wildman–Crippen LogP) is 1.57. The molecule has 0 aliphatic heterocycles. The fraction of sp³-hybridized carbons (Fsp3) is 0.462. The molecule has 0 saturated carbocycles. The largest absolute Gasteiger partial charge is 0.378 e. The van der Waals surface area contributed by atoms with Crippen LogP contribution in [0.3, 0.4) is 0 Å². The van der Waals surface area contributed by atoms with E-state index in [0.717, 1.165) is 5.56 Å². The first-order chi connectivity index (χ1) is 7.99. The standard InChI is InChI=1S/C13H22N4/c1-10(2)16-13(14)15-9-11-5-7-12(8-6-11)17(3)4/h5-8,10H,9H2,1-4H3,(H3,14,15,16). The summed E-state index contributed by atoms with van der Waals surface area (Å²) in [5.41, 5.74) is 8.07. The molecule has 1 aromatic rings. The van der Waals surface area contributed by atoms with Crippen molar-refractivity contribution in [1.29, 1.82) is 0 Å². The number of hydrogen-bond donors (Lipinski definition) is 2. The van der Waals surface area contributed by atoms with E-state index in [1.54, 1.807) is 0 Å². The summed E-state index contributed by atoms with van der Waals surface area (Å²) >= 11 is 0. The second-order valence-electron chi connectivity index (χ2n) is 4.56. The molecular weight excluding hydrogens is 212 g/mol. The smallest absolute Gasteiger partial charge is 0.189 e. The second kappa shape index (κ2) is 6.13. The minimum Gasteiger partial charge on any atom is -0.378 e. The van der Waals surface area contributed by atoms with E-state index >= 15 is 0 Å². The molecule has 1 rings (SSSR count). The number of nitrogens with zero attached hydrogens (tertiary/aromatic N) is 2. The van der Waals surface area contributed by atoms with Gasteiger partial charge in [-0.15, -0.1) is 0 Å². The molecule has 0 atom stereocenters. The van der Waals surface area contributed by atoms with E-state index in [9.17, 15) is 0 Å². The van der Waals surface area contributed by atoms with Gasteiger partial charge in [0, 0.05) is 25.8 Å². The van der Waals surface area contributed by atoms with Crippen LogP contribution in [0.1, 0.15) is 19.4 Å². The van der Waals surface area contributed by atoms with Crippen molar-refractivity contribution in [2.45, 2.75) is 26.4 Å². The third-order valence-corrected chi connectivity index (χ3v) is 2.32. The Morgan fingerprint density at radius 1 is 1.29 bits per heavy atom. The molecule has 0 amide bonds. The van der Waals surface area contributed by atoms with Crippen LogP contribution < -0.4 is 16.0 Å². The molecule has 3 N–H and O–H groups in total. The highest BCUT2D eigenvalue weighted by Crippen LogP contribution is 2.12. The maximum absolute atomic E-state index is 5.73. The van der Waals surface area contributed by atoms with Crippen LogP contribution in [-0.4, -0.2) is 26.1 Å². The van der Waals surface area contributed by atoms with E-state index in [1.807, 2.05) is 27.9 Å². The van der Waals surface area contributed by atoms with Crippen molar-refractivity contribution < 1.29 is 0 Å². The van der Waals surface area contributed by atoms with Gasteiger partial charge in [-0.3, -0.25) is 0 Å². The average Bonchev–Trinajstić information content (AvgIpc) is 2.26. The van der Waals surface area contributed by atoms with Gasteiger partial charge in [0.15, 0.2) is 5.96 Å². The maximum Gasteiger partial charge on any atom is 0.189 e. The summed E-state index contributed by atoms with van der Waals surface area (Å²) in [5.74, 6) is 0.497. The lowest BCUT2D eigenvalue weighted by Gasteiger charge is -2.12. The molecule has 0 aliphatic rings. The monoisotopic (exact) mass is 234 g/mol. The van der Waals surface area contributed by atoms with Crippen LogP contribution in [0.15, 0.2) is 29.3 Å². The molecule has 0 aliphatic carbocycles. The van der Waals surface area contributed by atoms with Gasteiger partial charge >= 0.3 is 0 Å². The van der Waals surface area contributed by atoms with Crippen molar-refractivity contribution in [2.75, 3.05) is 19.0 Å². The number of guanidine groups is 1. The normalized spacial score (nSPS) is 11.7. The first kappa shape index (κ1) is 13.4. The van der Waals surface area contributed by atoms with Gasteiger partial charge in [0.25, 0.3) is 0 Å². The number of hydrogen-bond acceptors (Lipinski definition) is 2. The van der Waals surface area contributed by atoms with Gasteiger partial charge < -0.3 is 16.0 Å². The molecule has 0 bridgehead atoms. The molecule has 0 unspecified atom stereocenters. The zero-order valence-electron chi connectivity index (χ0n) is 11.1. The Hall–Kier alpha value is -1.71. The molecule has 4 heteroatoms. The molecule has 4 nitrogen and oxygen atoms in total. The average molecular weight is 234 g/mol. The van der Waals surface area contributed by atoms with E-state index in [4.69, 9.17) is 5.73 Å². The first-order valence-electron chi connectivity index (χ1n) is 5.81. The van der Waals surface area contributed by atoms with Gasteiger partial charge in [-0.05, 0) is 31.5 Å². The number of anilines is 1. The van der Waals surface area contributed by atoms with Crippen molar-refractivity contribution in [3.8, 4) is 0 Å². The van der Waals surface area contributed by atoms with Crippen molar-refractivity contribution in [2.24, 2.45) is 10.7 Å². The van der Waals surface area contributed by atoms with Gasteiger partial charge in [-0.1, -0.05) is 12.1 Å². The Bertz CT molecular complexity index is 366. The fourth-order valence-electron chi connectivity index (χ4n) is 1.42. The van der Waals surface area contributed by atoms with E-state index in [0.29, 0.717) is 18.5 Å². The van der Waals surface area contributed by atoms with Crippen LogP contribution in [0.25, 0.3) is 0 Å². The third kappa shape index (κ3) is 4.76. The van der Waals surface area contributed by atoms with E-state index < -0.39 is 0 Å². The summed E-state index contributed by atoms with van der Waals surface area (Å²) in [5, 5.41) is 3.06. The maximum atomic E-state index is 5.73. The lowest BCUT2D eigenvalue weighted by atomic mass is 10.2. The minimum atomic E-state index is 0.315. The Kier molecular flexibility index (Phi) is 4.82. The number of nitrogens with two attached hydrogens (primary N) is 1. The molecule has 17 heavy (non-hydrogen) atoms. The van der Waals surface area contributed by atoms with Crippen LogP contribution in [0.4, 0.5) is 5.69 Å². The summed E-state index contributed by atoms with van der Waals surface area (Å²) in [6, 6.07) is 8.62. The lowest BCUT2D eigenvalue weighted by Crippen LogP contribution is -2.36. The zero-order valence-corrected chi connectivity index (χ0v) is 11.1. The number of aliphatic imine (C=N–C) groups is 1. The molecule has 94 valence electrons. The first-order valence-corrected chi connectivity index (χ1v) is 5.81. The molecule has 0 aromatic heterocycles. The van der Waals surface area contributed by atoms with Crippen molar-refractivity contribution in [3.05, 3.63) is 29.8 Å². The second-order valence-corrected chi connectivity index (χ2v) is 4.56. The number of rotatable bonds is 4. The lowest BCUT2D eigenvalue weighted by molar-refractivity contribution is 0.723. The summed E-state index contributed by atoms with van der Waals surface area (Å²) in [4.78, 5) is 6.35. The Morgan fingerprint density at radius 2 is 1.88 bits per heavy atom. The Labute approximate surface area is 104 Å². The molecule has 0 radical (unpaired) electrons. The number of nitrogens with one attached hydrogen (secondary N) is 1. The van der Waals surface area contributed by atoms with Crippen LogP contribution in [0.5, 0.6) is 0 Å². The van der Waals surface area contributed by atoms with Gasteiger partial charge in [0.2, 0.25) is 0 Å². The minimum absolute atomic E-state index is 0.315. The third-order valence-electron chi connectivity index (χ3n) is 2.32.